The van der Waals surface area contributed by atoms with Gasteiger partial charge in [-0.3, -0.25) is 19.3 Å². The van der Waals surface area contributed by atoms with Crippen LogP contribution in [0.3, 0.4) is 0 Å². The van der Waals surface area contributed by atoms with Crippen LogP contribution >= 0.6 is 0 Å². The van der Waals surface area contributed by atoms with Crippen LogP contribution in [0.2, 0.25) is 0 Å². The summed E-state index contributed by atoms with van der Waals surface area (Å²) in [6.45, 7) is 8.21. The van der Waals surface area contributed by atoms with Crippen molar-refractivity contribution in [2.24, 2.45) is 0 Å². The number of hydrogen-bond donors (Lipinski definition) is 3. The van der Waals surface area contributed by atoms with Gasteiger partial charge in [-0.25, -0.2) is 4.79 Å². The Balaban J connectivity index is 1.89. The highest BCUT2D eigenvalue weighted by molar-refractivity contribution is 6.08. The van der Waals surface area contributed by atoms with Gasteiger partial charge in [-0.1, -0.05) is 17.7 Å². The lowest BCUT2D eigenvalue weighted by atomic mass is 10.1. The van der Waals surface area contributed by atoms with Crippen molar-refractivity contribution in [2.75, 3.05) is 18.4 Å². The predicted molar refractivity (Wildman–Crippen MR) is 96.6 cm³/mol. The maximum atomic E-state index is 12.1. The first-order valence-electron chi connectivity index (χ1n) is 8.30. The first-order valence-corrected chi connectivity index (χ1v) is 8.30. The largest absolute Gasteiger partial charge is 0.345 e. The number of amides is 5. The minimum absolute atomic E-state index is 0.251. The Morgan fingerprint density at radius 2 is 1.65 bits per heavy atom. The van der Waals surface area contributed by atoms with Gasteiger partial charge < -0.3 is 16.0 Å². The Labute approximate surface area is 152 Å². The number of nitrogens with zero attached hydrogens (tertiary/aromatic N) is 1. The summed E-state index contributed by atoms with van der Waals surface area (Å²) < 4.78 is 0. The molecule has 0 aromatic heterocycles. The van der Waals surface area contributed by atoms with Gasteiger partial charge in [0.25, 0.3) is 5.91 Å². The van der Waals surface area contributed by atoms with Crippen LogP contribution in [-0.2, 0) is 14.4 Å². The normalized spacial score (nSPS) is 15.7. The summed E-state index contributed by atoms with van der Waals surface area (Å²) in [4.78, 5) is 48.7. The molecule has 5 amide bonds. The second kappa shape index (κ2) is 7.15. The summed E-state index contributed by atoms with van der Waals surface area (Å²) in [5.74, 6) is -1.45. The van der Waals surface area contributed by atoms with E-state index < -0.39 is 29.9 Å². The first kappa shape index (κ1) is 19.4. The second-order valence-corrected chi connectivity index (χ2v) is 7.05. The lowest BCUT2D eigenvalue weighted by Gasteiger charge is -2.16. The van der Waals surface area contributed by atoms with Crippen LogP contribution in [0.15, 0.2) is 12.1 Å². The number of nitrogens with one attached hydrogen (secondary N) is 3. The Morgan fingerprint density at radius 1 is 1.08 bits per heavy atom. The van der Waals surface area contributed by atoms with Crippen LogP contribution in [0.4, 0.5) is 10.5 Å². The van der Waals surface area contributed by atoms with Gasteiger partial charge in [0.1, 0.15) is 12.1 Å². The third-order valence-electron chi connectivity index (χ3n) is 4.13. The van der Waals surface area contributed by atoms with E-state index in [1.54, 1.807) is 13.8 Å². The fraction of sp³-hybridized carbons (Fsp3) is 0.444. The molecule has 26 heavy (non-hydrogen) atoms. The molecule has 0 saturated carbocycles. The third kappa shape index (κ3) is 4.19. The number of aryl methyl sites for hydroxylation is 3. The molecule has 1 aliphatic rings. The van der Waals surface area contributed by atoms with Gasteiger partial charge in [-0.2, -0.15) is 0 Å². The van der Waals surface area contributed by atoms with Crippen LogP contribution in [0.5, 0.6) is 0 Å². The van der Waals surface area contributed by atoms with Crippen molar-refractivity contribution in [1.29, 1.82) is 0 Å². The molecular weight excluding hydrogens is 336 g/mol. The highest BCUT2D eigenvalue weighted by Gasteiger charge is 2.44. The van der Waals surface area contributed by atoms with Gasteiger partial charge >= 0.3 is 6.03 Å². The van der Waals surface area contributed by atoms with Crippen LogP contribution in [0, 0.1) is 20.8 Å². The maximum absolute atomic E-state index is 12.1. The molecule has 1 aliphatic heterocycles. The van der Waals surface area contributed by atoms with E-state index in [1.807, 2.05) is 32.9 Å². The molecule has 3 N–H and O–H groups in total. The zero-order chi connectivity index (χ0) is 19.6. The van der Waals surface area contributed by atoms with Crippen molar-refractivity contribution in [3.05, 3.63) is 28.8 Å². The van der Waals surface area contributed by atoms with E-state index in [2.05, 4.69) is 16.0 Å². The average Bonchev–Trinajstić information content (AvgIpc) is 2.70. The number of hydrogen-bond acceptors (Lipinski definition) is 4. The van der Waals surface area contributed by atoms with Crippen molar-refractivity contribution in [1.82, 2.24) is 15.5 Å². The monoisotopic (exact) mass is 360 g/mol. The Bertz CT molecular complexity index is 762. The topological polar surface area (TPSA) is 108 Å². The Kier molecular flexibility index (Phi) is 5.34. The Morgan fingerprint density at radius 3 is 2.15 bits per heavy atom. The van der Waals surface area contributed by atoms with Crippen LogP contribution in [-0.4, -0.2) is 47.3 Å². The van der Waals surface area contributed by atoms with Crippen LogP contribution in [0.25, 0.3) is 0 Å². The number of benzene rings is 1. The molecule has 0 atom stereocenters. The lowest BCUT2D eigenvalue weighted by molar-refractivity contribution is -0.134. The maximum Gasteiger partial charge on any atom is 0.325 e. The second-order valence-electron chi connectivity index (χ2n) is 7.05. The number of anilines is 1. The zero-order valence-electron chi connectivity index (χ0n) is 15.6. The summed E-state index contributed by atoms with van der Waals surface area (Å²) in [7, 11) is 0. The average molecular weight is 360 g/mol. The molecule has 1 heterocycles. The van der Waals surface area contributed by atoms with Gasteiger partial charge in [-0.05, 0) is 45.7 Å². The molecule has 1 aromatic carbocycles. The zero-order valence-corrected chi connectivity index (χ0v) is 15.6. The third-order valence-corrected chi connectivity index (χ3v) is 4.13. The quantitative estimate of drug-likeness (QED) is 0.681. The lowest BCUT2D eigenvalue weighted by Crippen LogP contribution is -2.44. The minimum atomic E-state index is -1.03. The van der Waals surface area contributed by atoms with Gasteiger partial charge in [0.15, 0.2) is 0 Å². The number of carbonyl (C=O) groups excluding carboxylic acids is 4. The van der Waals surface area contributed by atoms with Gasteiger partial charge in [0.2, 0.25) is 11.8 Å². The summed E-state index contributed by atoms with van der Waals surface area (Å²) in [6, 6.07) is 3.30. The molecule has 0 radical (unpaired) electrons. The van der Waals surface area contributed by atoms with Gasteiger partial charge in [0.05, 0.1) is 6.54 Å². The van der Waals surface area contributed by atoms with E-state index in [1.165, 1.54) is 0 Å². The fourth-order valence-electron chi connectivity index (χ4n) is 2.90. The molecule has 0 aliphatic carbocycles. The standard InChI is InChI=1S/C18H24N4O4/c1-10-6-11(2)15(12(3)7-10)20-13(23)8-19-14(24)9-22-16(25)18(4,5)21-17(22)26/h6-7H,8-9H2,1-5H3,(H,19,24)(H,20,23)(H,21,26). The van der Waals surface area contributed by atoms with Crippen LogP contribution in [0.1, 0.15) is 30.5 Å². The molecule has 0 spiro atoms. The summed E-state index contributed by atoms with van der Waals surface area (Å²) in [5, 5.41) is 7.69. The highest BCUT2D eigenvalue weighted by atomic mass is 16.2. The highest BCUT2D eigenvalue weighted by Crippen LogP contribution is 2.21. The van der Waals surface area contributed by atoms with Gasteiger partial charge in [0, 0.05) is 5.69 Å². The smallest absolute Gasteiger partial charge is 0.325 e. The molecule has 0 bridgehead atoms. The van der Waals surface area contributed by atoms with E-state index in [9.17, 15) is 19.2 Å². The van der Waals surface area contributed by atoms with Crippen molar-refractivity contribution in [2.45, 2.75) is 40.2 Å². The van der Waals surface area contributed by atoms with E-state index in [4.69, 9.17) is 0 Å². The predicted octanol–water partition coefficient (Wildman–Crippen LogP) is 0.997. The fourth-order valence-corrected chi connectivity index (χ4v) is 2.90. The summed E-state index contributed by atoms with van der Waals surface area (Å²) in [5.41, 5.74) is 2.65. The number of urea groups is 1. The SMILES string of the molecule is Cc1cc(C)c(NC(=O)CNC(=O)CN2C(=O)NC(C)(C)C2=O)c(C)c1. The molecule has 8 nitrogen and oxygen atoms in total. The van der Waals surface area contributed by atoms with Crippen LogP contribution < -0.4 is 16.0 Å². The van der Waals surface area contributed by atoms with Crippen molar-refractivity contribution in [3.8, 4) is 0 Å². The van der Waals surface area contributed by atoms with Crippen molar-refractivity contribution in [3.63, 3.8) is 0 Å². The molecular formula is C18H24N4O4. The Hall–Kier alpha value is -2.90. The van der Waals surface area contributed by atoms with E-state index >= 15 is 0 Å². The number of carbonyl (C=O) groups is 4. The van der Waals surface area contributed by atoms with Crippen molar-refractivity contribution >= 4 is 29.4 Å². The molecule has 8 heteroatoms. The van der Waals surface area contributed by atoms with Crippen molar-refractivity contribution < 1.29 is 19.2 Å². The molecule has 2 rings (SSSR count). The van der Waals surface area contributed by atoms with Gasteiger partial charge in [-0.15, -0.1) is 0 Å². The van der Waals surface area contributed by atoms with E-state index in [-0.39, 0.29) is 12.5 Å². The first-order chi connectivity index (χ1) is 12.0. The minimum Gasteiger partial charge on any atom is -0.345 e. The molecule has 1 saturated heterocycles. The van der Waals surface area contributed by atoms with E-state index in [0.717, 1.165) is 21.6 Å². The van der Waals surface area contributed by atoms with E-state index in [0.29, 0.717) is 5.69 Å². The molecule has 0 unspecified atom stereocenters. The molecule has 1 aromatic rings. The summed E-state index contributed by atoms with van der Waals surface area (Å²) in [6.07, 6.45) is 0. The summed E-state index contributed by atoms with van der Waals surface area (Å²) >= 11 is 0. The molecule has 1 fully saturated rings. The number of imide groups is 1. The molecule has 140 valence electrons. The number of rotatable bonds is 5.